The van der Waals surface area contributed by atoms with Gasteiger partial charge in [-0.25, -0.2) is 4.39 Å². The van der Waals surface area contributed by atoms with E-state index in [0.717, 1.165) is 28.6 Å². The highest BCUT2D eigenvalue weighted by Gasteiger charge is 2.47. The number of thioether (sulfide) groups is 1. The lowest BCUT2D eigenvalue weighted by atomic mass is 9.54. The Kier molecular flexibility index (Phi) is 9.74. The van der Waals surface area contributed by atoms with E-state index in [4.69, 9.17) is 0 Å². The summed E-state index contributed by atoms with van der Waals surface area (Å²) in [6, 6.07) is 11.1. The summed E-state index contributed by atoms with van der Waals surface area (Å²) in [6.07, 6.45) is 8.83. The number of carbonyl (C=O) groups is 3. The number of hydrogen-bond donors (Lipinski definition) is 2. The maximum absolute atomic E-state index is 14.9. The van der Waals surface area contributed by atoms with Gasteiger partial charge in [0.05, 0.1) is 6.04 Å². The van der Waals surface area contributed by atoms with Crippen molar-refractivity contribution in [3.8, 4) is 0 Å². The molecule has 1 spiro atoms. The molecule has 6 nitrogen and oxygen atoms in total. The van der Waals surface area contributed by atoms with Gasteiger partial charge in [0, 0.05) is 54.4 Å². The summed E-state index contributed by atoms with van der Waals surface area (Å²) >= 11 is 1.55. The highest BCUT2D eigenvalue weighted by molar-refractivity contribution is 7.98. The Morgan fingerprint density at radius 2 is 2.03 bits per heavy atom. The number of halogens is 1. The van der Waals surface area contributed by atoms with Crippen LogP contribution in [0.2, 0.25) is 0 Å². The monoisotopic (exact) mass is 539 g/mol. The lowest BCUT2D eigenvalue weighted by Crippen LogP contribution is -2.51. The van der Waals surface area contributed by atoms with Crippen molar-refractivity contribution in [3.05, 3.63) is 64.5 Å². The van der Waals surface area contributed by atoms with E-state index in [2.05, 4.69) is 10.6 Å². The van der Waals surface area contributed by atoms with Crippen molar-refractivity contribution in [2.24, 2.45) is 5.41 Å². The number of nitrogens with zero attached hydrogens (tertiary/aromatic N) is 1. The first kappa shape index (κ1) is 28.5. The van der Waals surface area contributed by atoms with Crippen molar-refractivity contribution in [2.75, 3.05) is 14.1 Å². The Morgan fingerprint density at radius 1 is 1.24 bits per heavy atom. The molecule has 2 aromatic carbocycles. The summed E-state index contributed by atoms with van der Waals surface area (Å²) < 4.78 is 14.9. The standard InChI is InChI=1S/C30H38FN3O3S/c1-32-29(37)10-9-25(19-36)34(2)17-26-23(18-35)5-3-6-28(26)38-20-21-7-8-22(27(31)13-21)16-33-24-14-30(15-24)11-4-12-30/h3,5-8,13,18-19,24-25,33H,4,9-12,14-17,20H2,1-2H3,(H,32,37). The molecule has 1 unspecified atom stereocenters. The highest BCUT2D eigenvalue weighted by Crippen LogP contribution is 2.55. The molecule has 4 rings (SSSR count). The van der Waals surface area contributed by atoms with Crippen LogP contribution < -0.4 is 10.6 Å². The molecular weight excluding hydrogens is 501 g/mol. The van der Waals surface area contributed by atoms with E-state index < -0.39 is 6.04 Å². The summed E-state index contributed by atoms with van der Waals surface area (Å²) in [5, 5.41) is 6.09. The Hall–Kier alpha value is -2.55. The molecule has 0 bridgehead atoms. The molecule has 0 radical (unpaired) electrons. The van der Waals surface area contributed by atoms with Crippen LogP contribution in [0.4, 0.5) is 4.39 Å². The lowest BCUT2D eigenvalue weighted by molar-refractivity contribution is -0.121. The first-order chi connectivity index (χ1) is 18.4. The fourth-order valence-electron chi connectivity index (χ4n) is 5.61. The largest absolute Gasteiger partial charge is 0.359 e. The minimum absolute atomic E-state index is 0.117. The number of rotatable bonds is 14. The molecule has 0 aromatic heterocycles. The van der Waals surface area contributed by atoms with E-state index in [1.807, 2.05) is 36.2 Å². The van der Waals surface area contributed by atoms with Gasteiger partial charge in [0.2, 0.25) is 5.91 Å². The third-order valence-corrected chi connectivity index (χ3v) is 9.41. The number of benzene rings is 2. The quantitative estimate of drug-likeness (QED) is 0.263. The van der Waals surface area contributed by atoms with Gasteiger partial charge in [-0.15, -0.1) is 11.8 Å². The SMILES string of the molecule is CNC(=O)CCC(C=O)N(C)Cc1c(C=O)cccc1SCc1ccc(CNC2CC3(CCC3)C2)c(F)c1. The molecule has 2 aliphatic rings. The fraction of sp³-hybridized carbons (Fsp3) is 0.500. The van der Waals surface area contributed by atoms with Gasteiger partial charge >= 0.3 is 0 Å². The van der Waals surface area contributed by atoms with Gasteiger partial charge in [-0.1, -0.05) is 30.7 Å². The van der Waals surface area contributed by atoms with E-state index in [9.17, 15) is 18.8 Å². The molecule has 2 aliphatic carbocycles. The number of likely N-dealkylation sites (N-methyl/N-ethyl adjacent to an activating group) is 1. The minimum Gasteiger partial charge on any atom is -0.359 e. The molecule has 0 aliphatic heterocycles. The van der Waals surface area contributed by atoms with E-state index in [1.54, 1.807) is 30.9 Å². The Balaban J connectivity index is 1.35. The van der Waals surface area contributed by atoms with Crippen LogP contribution in [0.25, 0.3) is 0 Å². The van der Waals surface area contributed by atoms with Crippen LogP contribution in [0.15, 0.2) is 41.3 Å². The average molecular weight is 540 g/mol. The van der Waals surface area contributed by atoms with E-state index >= 15 is 0 Å². The molecule has 2 fully saturated rings. The van der Waals surface area contributed by atoms with Crippen molar-refractivity contribution in [1.82, 2.24) is 15.5 Å². The number of amides is 1. The second-order valence-electron chi connectivity index (χ2n) is 10.8. The third kappa shape index (κ3) is 6.90. The van der Waals surface area contributed by atoms with Gasteiger partial charge in [-0.3, -0.25) is 14.5 Å². The van der Waals surface area contributed by atoms with Gasteiger partial charge in [0.25, 0.3) is 0 Å². The topological polar surface area (TPSA) is 78.5 Å². The zero-order chi connectivity index (χ0) is 27.1. The summed E-state index contributed by atoms with van der Waals surface area (Å²) in [6.45, 7) is 0.936. The number of nitrogens with one attached hydrogen (secondary N) is 2. The molecule has 8 heteroatoms. The molecule has 2 N–H and O–H groups in total. The van der Waals surface area contributed by atoms with Gasteiger partial charge in [0.15, 0.2) is 0 Å². The molecule has 204 valence electrons. The van der Waals surface area contributed by atoms with Crippen molar-refractivity contribution in [3.63, 3.8) is 0 Å². The summed E-state index contributed by atoms with van der Waals surface area (Å²) in [4.78, 5) is 37.9. The Bertz CT molecular complexity index is 1150. The van der Waals surface area contributed by atoms with Crippen LogP contribution in [0, 0.1) is 11.2 Å². The van der Waals surface area contributed by atoms with Crippen molar-refractivity contribution < 1.29 is 18.8 Å². The molecule has 38 heavy (non-hydrogen) atoms. The maximum Gasteiger partial charge on any atom is 0.219 e. The zero-order valence-electron chi connectivity index (χ0n) is 22.3. The number of hydrogen-bond acceptors (Lipinski definition) is 6. The molecule has 1 amide bonds. The fourth-order valence-corrected chi connectivity index (χ4v) is 6.65. The highest BCUT2D eigenvalue weighted by atomic mass is 32.2. The van der Waals surface area contributed by atoms with Crippen LogP contribution in [0.3, 0.4) is 0 Å². The first-order valence-electron chi connectivity index (χ1n) is 13.4. The van der Waals surface area contributed by atoms with Gasteiger partial charge in [0.1, 0.15) is 18.4 Å². The number of aldehydes is 2. The average Bonchev–Trinajstić information content (AvgIpc) is 2.87. The molecule has 2 saturated carbocycles. The van der Waals surface area contributed by atoms with Crippen molar-refractivity contribution >= 4 is 30.2 Å². The molecular formula is C30H38FN3O3S. The van der Waals surface area contributed by atoms with Crippen LogP contribution in [0.1, 0.15) is 72.0 Å². The van der Waals surface area contributed by atoms with E-state index in [-0.39, 0.29) is 18.1 Å². The summed E-state index contributed by atoms with van der Waals surface area (Å²) in [7, 11) is 3.39. The maximum atomic E-state index is 14.9. The van der Waals surface area contributed by atoms with E-state index in [0.29, 0.717) is 47.8 Å². The third-order valence-electron chi connectivity index (χ3n) is 8.24. The zero-order valence-corrected chi connectivity index (χ0v) is 23.1. The van der Waals surface area contributed by atoms with Crippen LogP contribution in [0.5, 0.6) is 0 Å². The second kappa shape index (κ2) is 13.0. The van der Waals surface area contributed by atoms with Gasteiger partial charge in [-0.2, -0.15) is 0 Å². The Labute approximate surface area is 229 Å². The molecule has 0 saturated heterocycles. The second-order valence-corrected chi connectivity index (χ2v) is 11.8. The first-order valence-corrected chi connectivity index (χ1v) is 14.4. The van der Waals surface area contributed by atoms with Crippen LogP contribution >= 0.6 is 11.8 Å². The van der Waals surface area contributed by atoms with Gasteiger partial charge in [-0.05, 0) is 67.8 Å². The van der Waals surface area contributed by atoms with Crippen molar-refractivity contribution in [1.29, 1.82) is 0 Å². The molecule has 0 heterocycles. The van der Waals surface area contributed by atoms with Crippen molar-refractivity contribution in [2.45, 2.75) is 80.8 Å². The summed E-state index contributed by atoms with van der Waals surface area (Å²) in [5.74, 6) is 0.247. The lowest BCUT2D eigenvalue weighted by Gasteiger charge is -2.54. The molecule has 1 atom stereocenters. The Morgan fingerprint density at radius 3 is 2.66 bits per heavy atom. The smallest absolute Gasteiger partial charge is 0.219 e. The van der Waals surface area contributed by atoms with E-state index in [1.165, 1.54) is 32.1 Å². The normalized spacial score (nSPS) is 17.1. The molecule has 2 aromatic rings. The van der Waals surface area contributed by atoms with Gasteiger partial charge < -0.3 is 15.4 Å². The van der Waals surface area contributed by atoms with Crippen LogP contribution in [-0.4, -0.2) is 49.6 Å². The predicted molar refractivity (Wildman–Crippen MR) is 149 cm³/mol. The summed E-state index contributed by atoms with van der Waals surface area (Å²) in [5.41, 5.74) is 3.56. The minimum atomic E-state index is -0.445. The van der Waals surface area contributed by atoms with Crippen LogP contribution in [-0.2, 0) is 28.4 Å². The predicted octanol–water partition coefficient (Wildman–Crippen LogP) is 4.88. The number of carbonyl (C=O) groups excluding carboxylic acids is 3.